The van der Waals surface area contributed by atoms with Gasteiger partial charge in [-0.3, -0.25) is 0 Å². The van der Waals surface area contributed by atoms with Crippen molar-refractivity contribution in [3.05, 3.63) is 75.3 Å². The maximum atomic E-state index is 6.28. The molecule has 1 aliphatic carbocycles. The maximum absolute atomic E-state index is 6.28. The highest BCUT2D eigenvalue weighted by Gasteiger charge is 2.38. The van der Waals surface area contributed by atoms with E-state index in [1.807, 2.05) is 18.2 Å². The number of fused-ring (bicyclic) bond motifs is 3. The van der Waals surface area contributed by atoms with Crippen LogP contribution in [0.4, 0.5) is 5.69 Å². The second kappa shape index (κ2) is 5.33. The Labute approximate surface area is 140 Å². The summed E-state index contributed by atoms with van der Waals surface area (Å²) in [6, 6.07) is 12.6. The quantitative estimate of drug-likeness (QED) is 0.620. The van der Waals surface area contributed by atoms with Crippen molar-refractivity contribution in [3.63, 3.8) is 0 Å². The third kappa shape index (κ3) is 2.24. The predicted molar refractivity (Wildman–Crippen MR) is 94.0 cm³/mol. The minimum atomic E-state index is 0.283. The molecule has 1 nitrogen and oxygen atoms in total. The molecule has 1 N–H and O–H groups in total. The fourth-order valence-corrected chi connectivity index (χ4v) is 4.35. The van der Waals surface area contributed by atoms with E-state index >= 15 is 0 Å². The number of rotatable bonds is 1. The van der Waals surface area contributed by atoms with Gasteiger partial charge in [0.05, 0.1) is 6.04 Å². The fraction of sp³-hybridized carbons (Fsp3) is 0.263. The van der Waals surface area contributed by atoms with E-state index in [1.165, 1.54) is 22.4 Å². The Morgan fingerprint density at radius 1 is 1.09 bits per heavy atom. The Morgan fingerprint density at radius 3 is 2.77 bits per heavy atom. The molecule has 3 heteroatoms. The molecule has 112 valence electrons. The van der Waals surface area contributed by atoms with Gasteiger partial charge in [-0.1, -0.05) is 47.5 Å². The first-order valence-corrected chi connectivity index (χ1v) is 8.38. The first kappa shape index (κ1) is 14.2. The van der Waals surface area contributed by atoms with Gasteiger partial charge in [0.1, 0.15) is 0 Å². The second-order valence-electron chi connectivity index (χ2n) is 6.22. The van der Waals surface area contributed by atoms with Crippen LogP contribution in [0.5, 0.6) is 0 Å². The van der Waals surface area contributed by atoms with Crippen LogP contribution >= 0.6 is 23.2 Å². The lowest BCUT2D eigenvalue weighted by atomic mass is 9.76. The first-order valence-electron chi connectivity index (χ1n) is 7.62. The molecule has 2 aliphatic rings. The summed E-state index contributed by atoms with van der Waals surface area (Å²) in [5.41, 5.74) is 5.00. The number of halogens is 2. The van der Waals surface area contributed by atoms with Crippen molar-refractivity contribution in [1.29, 1.82) is 0 Å². The Balaban J connectivity index is 1.84. The summed E-state index contributed by atoms with van der Waals surface area (Å²) < 4.78 is 0. The zero-order chi connectivity index (χ0) is 15.3. The number of hydrogen-bond acceptors (Lipinski definition) is 1. The molecule has 0 fully saturated rings. The lowest BCUT2D eigenvalue weighted by Crippen LogP contribution is -2.29. The van der Waals surface area contributed by atoms with Gasteiger partial charge in [-0.2, -0.15) is 0 Å². The van der Waals surface area contributed by atoms with Crippen molar-refractivity contribution in [2.45, 2.75) is 25.3 Å². The van der Waals surface area contributed by atoms with E-state index in [4.69, 9.17) is 23.2 Å². The molecule has 0 bridgehead atoms. The summed E-state index contributed by atoms with van der Waals surface area (Å²) in [6.07, 6.45) is 5.71. The van der Waals surface area contributed by atoms with Crippen LogP contribution in [0.1, 0.15) is 35.1 Å². The molecule has 0 radical (unpaired) electrons. The van der Waals surface area contributed by atoms with Crippen LogP contribution in [0.25, 0.3) is 0 Å². The highest BCUT2D eigenvalue weighted by molar-refractivity contribution is 6.31. The summed E-state index contributed by atoms with van der Waals surface area (Å²) >= 11 is 12.5. The fourth-order valence-electron chi connectivity index (χ4n) is 3.87. The molecule has 0 amide bonds. The van der Waals surface area contributed by atoms with E-state index in [1.54, 1.807) is 0 Å². The van der Waals surface area contributed by atoms with Gasteiger partial charge in [0.25, 0.3) is 0 Å². The van der Waals surface area contributed by atoms with Crippen LogP contribution in [-0.4, -0.2) is 0 Å². The average Bonchev–Trinajstić information content (AvgIpc) is 2.96. The zero-order valence-corrected chi connectivity index (χ0v) is 13.8. The van der Waals surface area contributed by atoms with E-state index in [9.17, 15) is 0 Å². The van der Waals surface area contributed by atoms with Crippen molar-refractivity contribution in [3.8, 4) is 0 Å². The summed E-state index contributed by atoms with van der Waals surface area (Å²) in [4.78, 5) is 0. The number of allylic oxidation sites excluding steroid dienone is 2. The summed E-state index contributed by atoms with van der Waals surface area (Å²) in [7, 11) is 0. The molecule has 1 aliphatic heterocycles. The van der Waals surface area contributed by atoms with Gasteiger partial charge in [0, 0.05) is 21.7 Å². The number of benzene rings is 2. The monoisotopic (exact) mass is 329 g/mol. The molecule has 0 aromatic heterocycles. The summed E-state index contributed by atoms with van der Waals surface area (Å²) in [5.74, 6) is 0.946. The van der Waals surface area contributed by atoms with E-state index in [0.717, 1.165) is 16.5 Å². The molecule has 0 saturated carbocycles. The number of aryl methyl sites for hydroxylation is 1. The molecule has 0 spiro atoms. The van der Waals surface area contributed by atoms with Crippen molar-refractivity contribution in [2.24, 2.45) is 5.92 Å². The van der Waals surface area contributed by atoms with Crippen molar-refractivity contribution >= 4 is 28.9 Å². The maximum Gasteiger partial charge on any atom is 0.0554 e. The predicted octanol–water partition coefficient (Wildman–Crippen LogP) is 6.13. The van der Waals surface area contributed by atoms with Crippen LogP contribution in [0.15, 0.2) is 48.6 Å². The normalized spacial score (nSPS) is 25.5. The lowest BCUT2D eigenvalue weighted by Gasteiger charge is -2.38. The van der Waals surface area contributed by atoms with Crippen molar-refractivity contribution in [2.75, 3.05) is 5.32 Å². The second-order valence-corrected chi connectivity index (χ2v) is 7.09. The van der Waals surface area contributed by atoms with Gasteiger partial charge < -0.3 is 5.32 Å². The first-order chi connectivity index (χ1) is 10.6. The van der Waals surface area contributed by atoms with Crippen LogP contribution in [-0.2, 0) is 0 Å². The van der Waals surface area contributed by atoms with Crippen LogP contribution in [0.2, 0.25) is 10.0 Å². The minimum Gasteiger partial charge on any atom is -0.377 e. The molecule has 22 heavy (non-hydrogen) atoms. The molecule has 4 rings (SSSR count). The summed E-state index contributed by atoms with van der Waals surface area (Å²) in [6.45, 7) is 2.12. The van der Waals surface area contributed by atoms with Crippen molar-refractivity contribution < 1.29 is 0 Å². The number of nitrogens with one attached hydrogen (secondary N) is 1. The summed E-state index contributed by atoms with van der Waals surface area (Å²) in [5, 5.41) is 5.36. The molecule has 0 unspecified atom stereocenters. The van der Waals surface area contributed by atoms with E-state index in [-0.39, 0.29) is 6.04 Å². The average molecular weight is 330 g/mol. The van der Waals surface area contributed by atoms with Gasteiger partial charge in [0.2, 0.25) is 0 Å². The van der Waals surface area contributed by atoms with Crippen LogP contribution < -0.4 is 5.32 Å². The molecule has 2 aromatic carbocycles. The van der Waals surface area contributed by atoms with Crippen LogP contribution in [0.3, 0.4) is 0 Å². The molecular weight excluding hydrogens is 313 g/mol. The zero-order valence-electron chi connectivity index (χ0n) is 12.3. The minimum absolute atomic E-state index is 0.283. The van der Waals surface area contributed by atoms with E-state index in [0.29, 0.717) is 11.8 Å². The number of anilines is 1. The van der Waals surface area contributed by atoms with Crippen molar-refractivity contribution in [1.82, 2.24) is 0 Å². The van der Waals surface area contributed by atoms with Gasteiger partial charge in [-0.25, -0.2) is 0 Å². The molecule has 0 saturated heterocycles. The Kier molecular flexibility index (Phi) is 3.43. The smallest absolute Gasteiger partial charge is 0.0554 e. The Hall–Kier alpha value is -1.44. The molecule has 3 atom stereocenters. The van der Waals surface area contributed by atoms with E-state index in [2.05, 4.69) is 42.6 Å². The Morgan fingerprint density at radius 2 is 1.95 bits per heavy atom. The molecule has 1 heterocycles. The lowest BCUT2D eigenvalue weighted by molar-refractivity contribution is 0.425. The highest BCUT2D eigenvalue weighted by atomic mass is 35.5. The van der Waals surface area contributed by atoms with Gasteiger partial charge in [0.15, 0.2) is 0 Å². The largest absolute Gasteiger partial charge is 0.377 e. The topological polar surface area (TPSA) is 12.0 Å². The van der Waals surface area contributed by atoms with Gasteiger partial charge in [-0.05, 0) is 60.2 Å². The van der Waals surface area contributed by atoms with Gasteiger partial charge in [-0.15, -0.1) is 0 Å². The third-order valence-corrected chi connectivity index (χ3v) is 5.29. The molecular formula is C19H17Cl2N. The Bertz CT molecular complexity index is 766. The van der Waals surface area contributed by atoms with Gasteiger partial charge >= 0.3 is 0 Å². The van der Waals surface area contributed by atoms with Crippen LogP contribution in [0, 0.1) is 12.8 Å². The number of hydrogen-bond donors (Lipinski definition) is 1. The standard InChI is InChI=1S/C19H17Cl2N/c1-11-8-14(21)10-17-15-6-3-7-16(15)19(22-18(11)17)12-4-2-5-13(20)9-12/h2-6,8-10,15-16,19,22H,7H2,1H3/t15-,16-,19+/m0/s1. The molecule has 2 aromatic rings. The van der Waals surface area contributed by atoms with E-state index < -0.39 is 0 Å². The third-order valence-electron chi connectivity index (χ3n) is 4.84. The highest BCUT2D eigenvalue weighted by Crippen LogP contribution is 2.51. The SMILES string of the molecule is Cc1cc(Cl)cc2c1N[C@H](c1cccc(Cl)c1)[C@H]1CC=C[C@H]21.